The van der Waals surface area contributed by atoms with Gasteiger partial charge in [0, 0.05) is 19.5 Å². The lowest BCUT2D eigenvalue weighted by Crippen LogP contribution is -2.41. The van der Waals surface area contributed by atoms with E-state index < -0.39 is 19.0 Å². The molecule has 140 valence electrons. The lowest BCUT2D eigenvalue weighted by atomic mass is 9.96. The van der Waals surface area contributed by atoms with Gasteiger partial charge in [-0.3, -0.25) is 4.79 Å². The second-order valence-electron chi connectivity index (χ2n) is 6.94. The molecule has 25 heavy (non-hydrogen) atoms. The Labute approximate surface area is 147 Å². The molecular weight excluding hydrogens is 329 g/mol. The average Bonchev–Trinajstić information content (AvgIpc) is 2.58. The number of hydrogen-bond acceptors (Lipinski definition) is 2. The fraction of sp³-hybridized carbons (Fsp3) is 0.632. The van der Waals surface area contributed by atoms with E-state index in [1.807, 2.05) is 30.3 Å². The van der Waals surface area contributed by atoms with Crippen LogP contribution in [-0.4, -0.2) is 55.1 Å². The summed E-state index contributed by atoms with van der Waals surface area (Å²) >= 11 is 0. The van der Waals surface area contributed by atoms with E-state index in [9.17, 15) is 18.0 Å². The molecule has 0 saturated carbocycles. The Bertz CT molecular complexity index is 525. The lowest BCUT2D eigenvalue weighted by molar-refractivity contribution is -0.149. The largest absolute Gasteiger partial charge is 0.389 e. The molecule has 0 aliphatic carbocycles. The van der Waals surface area contributed by atoms with Gasteiger partial charge < -0.3 is 9.80 Å². The Morgan fingerprint density at radius 3 is 2.44 bits per heavy atom. The van der Waals surface area contributed by atoms with Crippen LogP contribution in [0, 0.1) is 5.92 Å². The van der Waals surface area contributed by atoms with Gasteiger partial charge in [0.05, 0.1) is 6.42 Å². The molecule has 1 heterocycles. The second kappa shape index (κ2) is 9.22. The molecule has 1 amide bonds. The second-order valence-corrected chi connectivity index (χ2v) is 6.94. The van der Waals surface area contributed by atoms with Crippen LogP contribution in [0.3, 0.4) is 0 Å². The van der Waals surface area contributed by atoms with E-state index in [2.05, 4.69) is 11.9 Å². The van der Waals surface area contributed by atoms with Gasteiger partial charge >= 0.3 is 6.18 Å². The van der Waals surface area contributed by atoms with Gasteiger partial charge in [-0.25, -0.2) is 0 Å². The van der Waals surface area contributed by atoms with Crippen LogP contribution in [0.2, 0.25) is 0 Å². The zero-order valence-electron chi connectivity index (χ0n) is 14.8. The van der Waals surface area contributed by atoms with Crippen molar-refractivity contribution in [2.24, 2.45) is 5.92 Å². The van der Waals surface area contributed by atoms with Crippen LogP contribution in [0.1, 0.15) is 31.2 Å². The van der Waals surface area contributed by atoms with Crippen LogP contribution in [0.5, 0.6) is 0 Å². The summed E-state index contributed by atoms with van der Waals surface area (Å²) in [6.45, 7) is 3.01. The first-order valence-corrected chi connectivity index (χ1v) is 8.90. The highest BCUT2D eigenvalue weighted by Crippen LogP contribution is 2.23. The molecule has 0 aromatic heterocycles. The Morgan fingerprint density at radius 2 is 1.84 bits per heavy atom. The fourth-order valence-corrected chi connectivity index (χ4v) is 3.19. The highest BCUT2D eigenvalue weighted by atomic mass is 19.4. The maximum absolute atomic E-state index is 12.5. The standard InChI is InChI=1S/C19H27F3N2O/c1-23-12-8-17(9-13-23)15-24(18(25)7-11-19(20,21)22)14-10-16-5-3-2-4-6-16/h2-6,17H,7-15H2,1H3. The van der Waals surface area contributed by atoms with E-state index in [1.54, 1.807) is 4.90 Å². The molecule has 0 spiro atoms. The first-order valence-electron chi connectivity index (χ1n) is 8.90. The van der Waals surface area contributed by atoms with Crippen molar-refractivity contribution in [2.45, 2.75) is 38.3 Å². The van der Waals surface area contributed by atoms with Crippen molar-refractivity contribution in [3.63, 3.8) is 0 Å². The number of likely N-dealkylation sites (tertiary alicyclic amines) is 1. The number of benzene rings is 1. The summed E-state index contributed by atoms with van der Waals surface area (Å²) in [5, 5.41) is 0. The van der Waals surface area contributed by atoms with Gasteiger partial charge in [0.25, 0.3) is 0 Å². The fourth-order valence-electron chi connectivity index (χ4n) is 3.19. The number of amides is 1. The Kier molecular flexibility index (Phi) is 7.29. The van der Waals surface area contributed by atoms with Crippen LogP contribution in [0.15, 0.2) is 30.3 Å². The molecular formula is C19H27F3N2O. The van der Waals surface area contributed by atoms with Gasteiger partial charge in [-0.1, -0.05) is 30.3 Å². The van der Waals surface area contributed by atoms with Gasteiger partial charge in [0.1, 0.15) is 0 Å². The molecule has 1 aromatic rings. The molecule has 0 bridgehead atoms. The van der Waals surface area contributed by atoms with Crippen LogP contribution < -0.4 is 0 Å². The third kappa shape index (κ3) is 7.46. The molecule has 1 aliphatic rings. The van der Waals surface area contributed by atoms with Gasteiger partial charge in [0.2, 0.25) is 5.91 Å². The van der Waals surface area contributed by atoms with Crippen molar-refractivity contribution in [3.8, 4) is 0 Å². The third-order valence-electron chi connectivity index (χ3n) is 4.80. The van der Waals surface area contributed by atoms with E-state index in [0.717, 1.165) is 31.5 Å². The Balaban J connectivity index is 1.93. The normalized spacial score (nSPS) is 16.8. The quantitative estimate of drug-likeness (QED) is 0.743. The maximum Gasteiger partial charge on any atom is 0.389 e. The van der Waals surface area contributed by atoms with Crippen molar-refractivity contribution < 1.29 is 18.0 Å². The van der Waals surface area contributed by atoms with Gasteiger partial charge in [-0.2, -0.15) is 13.2 Å². The van der Waals surface area contributed by atoms with Gasteiger partial charge in [0.15, 0.2) is 0 Å². The summed E-state index contributed by atoms with van der Waals surface area (Å²) in [6.07, 6.45) is -3.12. The monoisotopic (exact) mass is 356 g/mol. The number of alkyl halides is 3. The number of piperidine rings is 1. The number of nitrogens with zero attached hydrogens (tertiary/aromatic N) is 2. The van der Waals surface area contributed by atoms with Crippen molar-refractivity contribution in [1.29, 1.82) is 0 Å². The summed E-state index contributed by atoms with van der Waals surface area (Å²) in [5.74, 6) is -0.00556. The van der Waals surface area contributed by atoms with E-state index >= 15 is 0 Å². The number of hydrogen-bond donors (Lipinski definition) is 0. The van der Waals surface area contributed by atoms with Gasteiger partial charge in [-0.05, 0) is 50.9 Å². The SMILES string of the molecule is CN1CCC(CN(CCc2ccccc2)C(=O)CCC(F)(F)F)CC1. The van der Waals surface area contributed by atoms with E-state index in [1.165, 1.54) is 0 Å². The molecule has 1 fully saturated rings. The zero-order chi connectivity index (χ0) is 18.3. The van der Waals surface area contributed by atoms with Crippen molar-refractivity contribution in [1.82, 2.24) is 9.80 Å². The van der Waals surface area contributed by atoms with Gasteiger partial charge in [-0.15, -0.1) is 0 Å². The molecule has 6 heteroatoms. The molecule has 0 atom stereocenters. The van der Waals surface area contributed by atoms with Crippen LogP contribution in [0.4, 0.5) is 13.2 Å². The zero-order valence-corrected chi connectivity index (χ0v) is 14.8. The number of halogens is 3. The molecule has 0 unspecified atom stereocenters. The topological polar surface area (TPSA) is 23.6 Å². The smallest absolute Gasteiger partial charge is 0.342 e. The summed E-state index contributed by atoms with van der Waals surface area (Å²) in [7, 11) is 2.07. The summed E-state index contributed by atoms with van der Waals surface area (Å²) < 4.78 is 37.4. The van der Waals surface area contributed by atoms with Crippen molar-refractivity contribution >= 4 is 5.91 Å². The lowest BCUT2D eigenvalue weighted by Gasteiger charge is -2.33. The van der Waals surface area contributed by atoms with Crippen LogP contribution in [0.25, 0.3) is 0 Å². The van der Waals surface area contributed by atoms with E-state index in [4.69, 9.17) is 0 Å². The third-order valence-corrected chi connectivity index (χ3v) is 4.80. The van der Waals surface area contributed by atoms with Crippen LogP contribution >= 0.6 is 0 Å². The molecule has 1 aliphatic heterocycles. The molecule has 0 N–H and O–H groups in total. The first-order chi connectivity index (χ1) is 11.8. The number of carbonyl (C=O) groups excluding carboxylic acids is 1. The molecule has 0 radical (unpaired) electrons. The number of rotatable bonds is 7. The minimum atomic E-state index is -4.28. The van der Waals surface area contributed by atoms with E-state index in [-0.39, 0.29) is 5.91 Å². The maximum atomic E-state index is 12.5. The Hall–Kier alpha value is -1.56. The highest BCUT2D eigenvalue weighted by Gasteiger charge is 2.30. The summed E-state index contributed by atoms with van der Waals surface area (Å²) in [4.78, 5) is 16.3. The van der Waals surface area contributed by atoms with Crippen molar-refractivity contribution in [3.05, 3.63) is 35.9 Å². The summed E-state index contributed by atoms with van der Waals surface area (Å²) in [5.41, 5.74) is 1.10. The number of carbonyl (C=O) groups is 1. The summed E-state index contributed by atoms with van der Waals surface area (Å²) in [6, 6.07) is 9.75. The first kappa shape index (κ1) is 19.8. The molecule has 2 rings (SSSR count). The predicted molar refractivity (Wildman–Crippen MR) is 92.2 cm³/mol. The van der Waals surface area contributed by atoms with E-state index in [0.29, 0.717) is 25.4 Å². The minimum Gasteiger partial charge on any atom is -0.342 e. The minimum absolute atomic E-state index is 0.377. The van der Waals surface area contributed by atoms with Crippen molar-refractivity contribution in [2.75, 3.05) is 33.2 Å². The predicted octanol–water partition coefficient (Wildman–Crippen LogP) is 3.74. The highest BCUT2D eigenvalue weighted by molar-refractivity contribution is 5.76. The average molecular weight is 356 g/mol. The molecule has 3 nitrogen and oxygen atoms in total. The Morgan fingerprint density at radius 1 is 1.20 bits per heavy atom. The molecule has 1 saturated heterocycles. The molecule has 1 aromatic carbocycles. The van der Waals surface area contributed by atoms with Crippen LogP contribution in [-0.2, 0) is 11.2 Å².